The lowest BCUT2D eigenvalue weighted by atomic mass is 10.1. The van der Waals surface area contributed by atoms with Crippen LogP contribution in [0.3, 0.4) is 0 Å². The third kappa shape index (κ3) is 4.41. The lowest BCUT2D eigenvalue weighted by molar-refractivity contribution is 0.0723. The molecule has 0 radical (unpaired) electrons. The highest BCUT2D eigenvalue weighted by molar-refractivity contribution is 6.10. The average molecular weight is 545 g/mol. The minimum absolute atomic E-state index is 0.00801. The molecule has 2 aromatic carbocycles. The number of hydrogen-bond donors (Lipinski definition) is 1. The Morgan fingerprint density at radius 2 is 1.78 bits per heavy atom. The zero-order chi connectivity index (χ0) is 28.2. The summed E-state index contributed by atoms with van der Waals surface area (Å²) in [6, 6.07) is 12.6. The van der Waals surface area contributed by atoms with Gasteiger partial charge in [0.2, 0.25) is 0 Å². The maximum absolute atomic E-state index is 15.3. The van der Waals surface area contributed by atoms with Crippen LogP contribution in [0.4, 0.5) is 10.2 Å². The van der Waals surface area contributed by atoms with Crippen LogP contribution in [0.5, 0.6) is 0 Å². The quantitative estimate of drug-likeness (QED) is 0.331. The van der Waals surface area contributed by atoms with Gasteiger partial charge in [0.1, 0.15) is 11.6 Å². The standard InChI is InChI=1S/C31H25FN8O/c1-38-28-11-18(5-7-20(28)15-35-38)3-4-19-6-8-21(34-14-19)17-40(22-9-10-22)31(41)23-12-24-27(13-26(23)32)37-30(33)25-16-36-39(2)29(24)25/h5-8,11-16,22H,9-10,17H2,1-2H3,(H2,33,37). The first-order valence-corrected chi connectivity index (χ1v) is 13.3. The van der Waals surface area contributed by atoms with Gasteiger partial charge in [-0.3, -0.25) is 19.1 Å². The molecule has 1 amide bonds. The summed E-state index contributed by atoms with van der Waals surface area (Å²) in [7, 11) is 3.68. The van der Waals surface area contributed by atoms with Crippen molar-refractivity contribution in [1.29, 1.82) is 0 Å². The molecule has 0 spiro atoms. The molecule has 202 valence electrons. The molecule has 0 aliphatic heterocycles. The van der Waals surface area contributed by atoms with E-state index in [2.05, 4.69) is 32.0 Å². The normalized spacial score (nSPS) is 13.0. The molecule has 1 fully saturated rings. The number of aromatic nitrogens is 6. The fraction of sp³-hybridized carbons (Fsp3) is 0.194. The number of amides is 1. The van der Waals surface area contributed by atoms with E-state index in [1.807, 2.05) is 48.3 Å². The number of hydrogen-bond acceptors (Lipinski definition) is 6. The van der Waals surface area contributed by atoms with Crippen molar-refractivity contribution in [3.05, 3.63) is 89.3 Å². The highest BCUT2D eigenvalue weighted by atomic mass is 19.1. The highest BCUT2D eigenvalue weighted by Gasteiger charge is 2.34. The maximum atomic E-state index is 15.3. The molecular formula is C31H25FN8O. The molecule has 10 heteroatoms. The van der Waals surface area contributed by atoms with Crippen LogP contribution in [0.1, 0.15) is 40.0 Å². The van der Waals surface area contributed by atoms with Gasteiger partial charge in [0, 0.05) is 54.3 Å². The zero-order valence-corrected chi connectivity index (χ0v) is 22.5. The molecule has 41 heavy (non-hydrogen) atoms. The Kier molecular flexibility index (Phi) is 5.68. The maximum Gasteiger partial charge on any atom is 0.257 e. The van der Waals surface area contributed by atoms with Crippen LogP contribution in [0, 0.1) is 17.7 Å². The first kappa shape index (κ1) is 24.7. The topological polar surface area (TPSA) is 108 Å². The number of aryl methyl sites for hydroxylation is 2. The van der Waals surface area contributed by atoms with Gasteiger partial charge in [-0.1, -0.05) is 11.8 Å². The van der Waals surface area contributed by atoms with Crippen molar-refractivity contribution >= 4 is 44.4 Å². The molecular weight excluding hydrogens is 519 g/mol. The van der Waals surface area contributed by atoms with Crippen molar-refractivity contribution in [2.45, 2.75) is 25.4 Å². The Hall–Kier alpha value is -5.30. The summed E-state index contributed by atoms with van der Waals surface area (Å²) in [5.74, 6) is 5.59. The third-order valence-corrected chi connectivity index (χ3v) is 7.53. The number of nitrogens with two attached hydrogens (primary N) is 1. The average Bonchev–Trinajstić information content (AvgIpc) is 3.64. The second kappa shape index (κ2) is 9.41. The number of anilines is 1. The van der Waals surface area contributed by atoms with Crippen molar-refractivity contribution in [2.24, 2.45) is 14.1 Å². The molecule has 4 heterocycles. The largest absolute Gasteiger partial charge is 0.383 e. The van der Waals surface area contributed by atoms with Crippen molar-refractivity contribution in [3.63, 3.8) is 0 Å². The molecule has 0 bridgehead atoms. The highest BCUT2D eigenvalue weighted by Crippen LogP contribution is 2.33. The first-order valence-electron chi connectivity index (χ1n) is 13.3. The van der Waals surface area contributed by atoms with Gasteiger partial charge in [-0.15, -0.1) is 0 Å². The number of rotatable bonds is 4. The van der Waals surface area contributed by atoms with Gasteiger partial charge in [-0.25, -0.2) is 9.37 Å². The molecule has 6 aromatic rings. The minimum Gasteiger partial charge on any atom is -0.383 e. The molecule has 7 rings (SSSR count). The van der Waals surface area contributed by atoms with Gasteiger partial charge in [0.15, 0.2) is 0 Å². The minimum atomic E-state index is -0.635. The zero-order valence-electron chi connectivity index (χ0n) is 22.5. The molecule has 1 aliphatic carbocycles. The van der Waals surface area contributed by atoms with Crippen molar-refractivity contribution in [1.82, 2.24) is 34.4 Å². The van der Waals surface area contributed by atoms with E-state index in [1.165, 1.54) is 6.07 Å². The van der Waals surface area contributed by atoms with Crippen LogP contribution in [0.2, 0.25) is 0 Å². The lowest BCUT2D eigenvalue weighted by Gasteiger charge is -2.23. The fourth-order valence-electron chi connectivity index (χ4n) is 5.18. The molecule has 4 aromatic heterocycles. The van der Waals surface area contributed by atoms with E-state index in [0.29, 0.717) is 27.5 Å². The van der Waals surface area contributed by atoms with Crippen LogP contribution in [-0.2, 0) is 20.6 Å². The molecule has 9 nitrogen and oxygen atoms in total. The predicted octanol–water partition coefficient (Wildman–Crippen LogP) is 4.33. The van der Waals surface area contributed by atoms with Crippen LogP contribution >= 0.6 is 0 Å². The monoisotopic (exact) mass is 544 g/mol. The number of benzene rings is 2. The van der Waals surface area contributed by atoms with E-state index in [9.17, 15) is 4.79 Å². The Bertz CT molecular complexity index is 2060. The number of pyridine rings is 2. The summed E-state index contributed by atoms with van der Waals surface area (Å²) < 4.78 is 18.8. The lowest BCUT2D eigenvalue weighted by Crippen LogP contribution is -2.33. The number of nitrogen functional groups attached to an aromatic ring is 1. The first-order chi connectivity index (χ1) is 19.9. The van der Waals surface area contributed by atoms with Gasteiger partial charge >= 0.3 is 0 Å². The molecule has 1 aliphatic rings. The van der Waals surface area contributed by atoms with Gasteiger partial charge in [-0.2, -0.15) is 10.2 Å². The van der Waals surface area contributed by atoms with Gasteiger partial charge < -0.3 is 10.6 Å². The van der Waals surface area contributed by atoms with Crippen LogP contribution in [0.15, 0.2) is 61.1 Å². The van der Waals surface area contributed by atoms with Crippen LogP contribution < -0.4 is 5.73 Å². The number of fused-ring (bicyclic) bond motifs is 4. The van der Waals surface area contributed by atoms with E-state index < -0.39 is 5.82 Å². The van der Waals surface area contributed by atoms with Crippen LogP contribution in [-0.4, -0.2) is 46.4 Å². The molecule has 2 N–H and O–H groups in total. The van der Waals surface area contributed by atoms with Crippen molar-refractivity contribution in [3.8, 4) is 11.8 Å². The molecule has 0 saturated heterocycles. The predicted molar refractivity (Wildman–Crippen MR) is 154 cm³/mol. The van der Waals surface area contributed by atoms with Crippen molar-refractivity contribution in [2.75, 3.05) is 5.73 Å². The van der Waals surface area contributed by atoms with E-state index in [0.717, 1.165) is 34.9 Å². The summed E-state index contributed by atoms with van der Waals surface area (Å²) in [5, 5.41) is 10.9. The Balaban J connectivity index is 1.15. The van der Waals surface area contributed by atoms with Gasteiger partial charge in [0.05, 0.1) is 52.1 Å². The van der Waals surface area contributed by atoms with E-state index in [4.69, 9.17) is 5.73 Å². The second-order valence-corrected chi connectivity index (χ2v) is 10.4. The number of nitrogens with zero attached hydrogens (tertiary/aromatic N) is 7. The van der Waals surface area contributed by atoms with E-state index >= 15 is 4.39 Å². The number of halogens is 1. The van der Waals surface area contributed by atoms with Gasteiger partial charge in [-0.05, 0) is 49.2 Å². The Morgan fingerprint density at radius 1 is 1.00 bits per heavy atom. The molecule has 0 atom stereocenters. The Morgan fingerprint density at radius 3 is 2.56 bits per heavy atom. The third-order valence-electron chi connectivity index (χ3n) is 7.53. The van der Waals surface area contributed by atoms with E-state index in [1.54, 1.807) is 35.1 Å². The SMILES string of the molecule is Cn1ncc2ccc(C#Cc3ccc(CN(C(=O)c4cc5c(cc4F)nc(N)c4cnn(C)c45)C4CC4)nc3)cc21. The summed E-state index contributed by atoms with van der Waals surface area (Å²) in [6.45, 7) is 0.271. The summed E-state index contributed by atoms with van der Waals surface area (Å²) in [4.78, 5) is 24.3. The smallest absolute Gasteiger partial charge is 0.257 e. The summed E-state index contributed by atoms with van der Waals surface area (Å²) in [6.07, 6.45) is 6.89. The fourth-order valence-corrected chi connectivity index (χ4v) is 5.18. The van der Waals surface area contributed by atoms with Crippen molar-refractivity contribution < 1.29 is 9.18 Å². The summed E-state index contributed by atoms with van der Waals surface area (Å²) in [5.41, 5.74) is 10.5. The Labute approximate surface area is 234 Å². The van der Waals surface area contributed by atoms with E-state index in [-0.39, 0.29) is 29.9 Å². The second-order valence-electron chi connectivity index (χ2n) is 10.4. The molecule has 0 unspecified atom stereocenters. The number of carbonyl (C=O) groups excluding carboxylic acids is 1. The number of carbonyl (C=O) groups is 1. The van der Waals surface area contributed by atoms with Crippen LogP contribution in [0.25, 0.3) is 32.7 Å². The molecule has 1 saturated carbocycles. The summed E-state index contributed by atoms with van der Waals surface area (Å²) >= 11 is 0. The van der Waals surface area contributed by atoms with Gasteiger partial charge in [0.25, 0.3) is 5.91 Å².